The highest BCUT2D eigenvalue weighted by atomic mass is 16.2. The van der Waals surface area contributed by atoms with Gasteiger partial charge in [0.05, 0.1) is 6.57 Å². The second-order valence-corrected chi connectivity index (χ2v) is 7.67. The minimum absolute atomic E-state index is 0.287. The fourth-order valence-corrected chi connectivity index (χ4v) is 4.95. The van der Waals surface area contributed by atoms with E-state index in [-0.39, 0.29) is 11.8 Å². The first-order valence-electron chi connectivity index (χ1n) is 9.39. The Morgan fingerprint density at radius 1 is 0.724 bits per heavy atom. The van der Waals surface area contributed by atoms with Crippen LogP contribution in [0, 0.1) is 13.5 Å². The van der Waals surface area contributed by atoms with Gasteiger partial charge in [-0.1, -0.05) is 36.4 Å². The van der Waals surface area contributed by atoms with E-state index in [0.717, 1.165) is 43.3 Å². The minimum atomic E-state index is -0.287. The van der Waals surface area contributed by atoms with E-state index in [1.165, 1.54) is 11.9 Å². The number of carbonyl (C=O) groups excluding carboxylic acids is 2. The van der Waals surface area contributed by atoms with Crippen LogP contribution < -0.4 is 0 Å². The van der Waals surface area contributed by atoms with Gasteiger partial charge < -0.3 is 0 Å². The minimum Gasteiger partial charge on any atom is -0.277 e. The highest BCUT2D eigenvalue weighted by molar-refractivity contribution is 6.40. The van der Waals surface area contributed by atoms with Crippen molar-refractivity contribution in [2.24, 2.45) is 0 Å². The van der Waals surface area contributed by atoms with Crippen LogP contribution in [-0.2, 0) is 0 Å². The number of rotatable bonds is 0. The fourth-order valence-electron chi connectivity index (χ4n) is 4.95. The summed E-state index contributed by atoms with van der Waals surface area (Å²) in [5.74, 6) is -0.573. The number of hydrogen-bond acceptors (Lipinski definition) is 2. The smallest absolute Gasteiger partial charge is 0.261 e. The summed E-state index contributed by atoms with van der Waals surface area (Å²) in [5, 5.41) is 7.66. The molecule has 136 valence electrons. The summed E-state index contributed by atoms with van der Waals surface area (Å²) in [6, 6.07) is 15.6. The second-order valence-electron chi connectivity index (χ2n) is 7.67. The van der Waals surface area contributed by atoms with E-state index in [1.54, 1.807) is 6.07 Å². The average Bonchev–Trinajstić information content (AvgIpc) is 2.75. The largest absolute Gasteiger partial charge is 0.277 e. The van der Waals surface area contributed by atoms with Crippen LogP contribution in [0.25, 0.3) is 47.9 Å². The maximum atomic E-state index is 12.8. The van der Waals surface area contributed by atoms with Gasteiger partial charge in [-0.2, -0.15) is 0 Å². The van der Waals surface area contributed by atoms with Crippen LogP contribution >= 0.6 is 0 Å². The monoisotopic (exact) mass is 374 g/mol. The fraction of sp³-hybridized carbons (Fsp3) is 0.0800. The molecule has 0 atom stereocenters. The van der Waals surface area contributed by atoms with E-state index < -0.39 is 0 Å². The van der Waals surface area contributed by atoms with Crippen LogP contribution in [0.3, 0.4) is 0 Å². The molecular formula is C25H14N2O2. The van der Waals surface area contributed by atoms with E-state index in [2.05, 4.69) is 23.9 Å². The molecule has 2 amide bonds. The molecule has 0 spiro atoms. The molecule has 0 aliphatic carbocycles. The van der Waals surface area contributed by atoms with Crippen LogP contribution in [0.2, 0.25) is 0 Å². The summed E-state index contributed by atoms with van der Waals surface area (Å²) >= 11 is 0. The maximum absolute atomic E-state index is 12.8. The first kappa shape index (κ1) is 16.0. The summed E-state index contributed by atoms with van der Waals surface area (Å²) in [6.07, 6.45) is 0. The molecule has 1 aliphatic heterocycles. The molecule has 0 N–H and O–H groups in total. The number of imide groups is 1. The van der Waals surface area contributed by atoms with Gasteiger partial charge in [0.25, 0.3) is 11.8 Å². The molecule has 0 radical (unpaired) electrons. The number of benzene rings is 5. The lowest BCUT2D eigenvalue weighted by atomic mass is 9.83. The Balaban J connectivity index is 2.03. The third-order valence-electron chi connectivity index (χ3n) is 6.26. The van der Waals surface area contributed by atoms with E-state index in [9.17, 15) is 9.59 Å². The third-order valence-corrected chi connectivity index (χ3v) is 6.26. The van der Waals surface area contributed by atoms with Gasteiger partial charge in [0.2, 0.25) is 0 Å². The van der Waals surface area contributed by atoms with E-state index in [1.807, 2.05) is 30.3 Å². The number of hydrogen-bond donors (Lipinski definition) is 0. The second kappa shape index (κ2) is 5.09. The third kappa shape index (κ3) is 1.73. The Morgan fingerprint density at radius 3 is 2.00 bits per heavy atom. The summed E-state index contributed by atoms with van der Waals surface area (Å²) in [7, 11) is 1.52. The zero-order valence-corrected chi connectivity index (χ0v) is 15.8. The molecule has 0 unspecified atom stereocenters. The van der Waals surface area contributed by atoms with Gasteiger partial charge in [0.1, 0.15) is 0 Å². The molecule has 0 aromatic heterocycles. The summed E-state index contributed by atoms with van der Waals surface area (Å²) < 4.78 is 0. The molecule has 5 aromatic rings. The molecule has 0 fully saturated rings. The number of fused-ring (bicyclic) bond motifs is 2. The normalized spacial score (nSPS) is 13.9. The number of aryl methyl sites for hydroxylation is 1. The predicted molar refractivity (Wildman–Crippen MR) is 115 cm³/mol. The quantitative estimate of drug-likeness (QED) is 0.148. The lowest BCUT2D eigenvalue weighted by Gasteiger charge is -2.26. The van der Waals surface area contributed by atoms with Gasteiger partial charge in [-0.3, -0.25) is 14.5 Å². The summed E-state index contributed by atoms with van der Waals surface area (Å²) in [5.41, 5.74) is 2.77. The van der Waals surface area contributed by atoms with Crippen LogP contribution in [0.4, 0.5) is 5.69 Å². The van der Waals surface area contributed by atoms with Gasteiger partial charge in [-0.25, -0.2) is 4.85 Å². The lowest BCUT2D eigenvalue weighted by molar-refractivity contribution is 0.0651. The molecular weight excluding hydrogens is 360 g/mol. The summed E-state index contributed by atoms with van der Waals surface area (Å²) in [6.45, 7) is 9.78. The first-order valence-corrected chi connectivity index (χ1v) is 9.39. The molecule has 1 aliphatic rings. The SMILES string of the molecule is [C-]#[N+]c1ccc2ccc(C)c3c4ccc5c6c(ccc(c1c23)c64)C(=O)N(C)C5=O. The van der Waals surface area contributed by atoms with Crippen LogP contribution in [-0.4, -0.2) is 23.8 Å². The molecule has 4 heteroatoms. The van der Waals surface area contributed by atoms with Gasteiger partial charge in [-0.05, 0) is 62.3 Å². The number of amides is 2. The molecule has 29 heavy (non-hydrogen) atoms. The lowest BCUT2D eigenvalue weighted by Crippen LogP contribution is -2.36. The molecule has 0 saturated heterocycles. The number of carbonyl (C=O) groups is 2. The van der Waals surface area contributed by atoms with Crippen molar-refractivity contribution in [1.29, 1.82) is 0 Å². The van der Waals surface area contributed by atoms with Crippen molar-refractivity contribution < 1.29 is 9.59 Å². The van der Waals surface area contributed by atoms with Crippen molar-refractivity contribution in [1.82, 2.24) is 4.90 Å². The molecule has 4 nitrogen and oxygen atoms in total. The standard InChI is InChI=1S/C25H14N2O2/c1-12-4-5-13-6-11-18(26-2)23-15-8-10-17-22-16(24(28)27(3)25(17)29)9-7-14(21(15)22)19(12)20(13)23/h4-11H,1,3H3. The topological polar surface area (TPSA) is 41.7 Å². The Kier molecular flexibility index (Phi) is 2.81. The van der Waals surface area contributed by atoms with Crippen LogP contribution in [0.15, 0.2) is 48.5 Å². The zero-order valence-electron chi connectivity index (χ0n) is 15.8. The van der Waals surface area contributed by atoms with E-state index in [4.69, 9.17) is 6.57 Å². The average molecular weight is 374 g/mol. The van der Waals surface area contributed by atoms with Crippen molar-refractivity contribution in [2.45, 2.75) is 6.92 Å². The predicted octanol–water partition coefficient (Wildman–Crippen LogP) is 5.82. The number of nitrogens with zero attached hydrogens (tertiary/aromatic N) is 2. The summed E-state index contributed by atoms with van der Waals surface area (Å²) in [4.78, 5) is 30.6. The molecule has 5 aromatic carbocycles. The van der Waals surface area contributed by atoms with E-state index >= 15 is 0 Å². The maximum Gasteiger partial charge on any atom is 0.261 e. The first-order chi connectivity index (χ1) is 14.0. The van der Waals surface area contributed by atoms with Crippen molar-refractivity contribution in [3.63, 3.8) is 0 Å². The van der Waals surface area contributed by atoms with Crippen molar-refractivity contribution in [2.75, 3.05) is 7.05 Å². The van der Waals surface area contributed by atoms with Crippen molar-refractivity contribution in [3.8, 4) is 0 Å². The Hall–Kier alpha value is -3.97. The molecule has 1 heterocycles. The van der Waals surface area contributed by atoms with Gasteiger partial charge in [0, 0.05) is 23.6 Å². The highest BCUT2D eigenvalue weighted by Gasteiger charge is 2.32. The molecule has 0 bridgehead atoms. The van der Waals surface area contributed by atoms with Crippen molar-refractivity contribution >= 4 is 60.6 Å². The molecule has 6 rings (SSSR count). The Bertz CT molecular complexity index is 1600. The van der Waals surface area contributed by atoms with Crippen LogP contribution in [0.1, 0.15) is 26.3 Å². The Labute approximate surface area is 166 Å². The molecule has 0 saturated carbocycles. The van der Waals surface area contributed by atoms with E-state index in [0.29, 0.717) is 22.2 Å². The van der Waals surface area contributed by atoms with Crippen molar-refractivity contribution in [3.05, 3.63) is 76.6 Å². The zero-order chi connectivity index (χ0) is 20.0. The van der Waals surface area contributed by atoms with Gasteiger partial charge in [-0.15, -0.1) is 0 Å². The highest BCUT2D eigenvalue weighted by Crippen LogP contribution is 2.47. The van der Waals surface area contributed by atoms with Gasteiger partial charge >= 0.3 is 0 Å². The Morgan fingerprint density at radius 2 is 1.34 bits per heavy atom. The van der Waals surface area contributed by atoms with Crippen LogP contribution in [0.5, 0.6) is 0 Å². The van der Waals surface area contributed by atoms with Gasteiger partial charge in [0.15, 0.2) is 5.69 Å².